The summed E-state index contributed by atoms with van der Waals surface area (Å²) < 4.78 is 28.2. The molecule has 24 heavy (non-hydrogen) atoms. The molecular formula is C18H27ClO5. The molecule has 1 heterocycles. The van der Waals surface area contributed by atoms with E-state index in [2.05, 4.69) is 12.1 Å². The van der Waals surface area contributed by atoms with E-state index in [1.165, 1.54) is 0 Å². The molecule has 1 saturated heterocycles. The molecule has 0 amide bonds. The molecule has 0 spiro atoms. The van der Waals surface area contributed by atoms with Crippen LogP contribution < -0.4 is 0 Å². The normalized spacial score (nSPS) is 28.7. The van der Waals surface area contributed by atoms with Gasteiger partial charge in [-0.05, 0) is 12.5 Å². The van der Waals surface area contributed by atoms with Crippen molar-refractivity contribution in [2.24, 2.45) is 0 Å². The van der Waals surface area contributed by atoms with Crippen LogP contribution in [-0.2, 0) is 30.1 Å². The van der Waals surface area contributed by atoms with Crippen molar-refractivity contribution in [2.75, 3.05) is 52.9 Å². The van der Waals surface area contributed by atoms with Crippen LogP contribution in [0.3, 0.4) is 0 Å². The van der Waals surface area contributed by atoms with E-state index in [1.54, 1.807) is 0 Å². The Kier molecular flexibility index (Phi) is 9.02. The Morgan fingerprint density at radius 1 is 0.875 bits per heavy atom. The molecule has 1 fully saturated rings. The lowest BCUT2D eigenvalue weighted by Gasteiger charge is -2.34. The first-order valence-electron chi connectivity index (χ1n) is 8.37. The zero-order chi connectivity index (χ0) is 17.1. The SMILES string of the molecule is CC1(Cc2ccccc2)OCCOCCOCCOCCOC1Cl. The summed E-state index contributed by atoms with van der Waals surface area (Å²) in [6.07, 6.45) is 0.659. The molecule has 0 saturated carbocycles. The first kappa shape index (κ1) is 19.6. The Balaban J connectivity index is 1.96. The van der Waals surface area contributed by atoms with E-state index in [4.69, 9.17) is 35.3 Å². The van der Waals surface area contributed by atoms with E-state index in [-0.39, 0.29) is 0 Å². The smallest absolute Gasteiger partial charge is 0.160 e. The summed E-state index contributed by atoms with van der Waals surface area (Å²) in [7, 11) is 0. The van der Waals surface area contributed by atoms with Gasteiger partial charge < -0.3 is 23.7 Å². The molecule has 1 aromatic rings. The molecule has 1 aliphatic heterocycles. The summed E-state index contributed by atoms with van der Waals surface area (Å²) in [6.45, 7) is 5.99. The lowest BCUT2D eigenvalue weighted by atomic mass is 9.96. The number of alkyl halides is 1. The number of rotatable bonds is 2. The second-order valence-electron chi connectivity index (χ2n) is 5.85. The maximum atomic E-state index is 6.51. The first-order valence-corrected chi connectivity index (χ1v) is 8.81. The Morgan fingerprint density at radius 3 is 2.04 bits per heavy atom. The van der Waals surface area contributed by atoms with Gasteiger partial charge in [-0.3, -0.25) is 0 Å². The van der Waals surface area contributed by atoms with E-state index >= 15 is 0 Å². The summed E-state index contributed by atoms with van der Waals surface area (Å²) >= 11 is 6.51. The number of halogens is 1. The van der Waals surface area contributed by atoms with Crippen molar-refractivity contribution in [1.29, 1.82) is 0 Å². The fraction of sp³-hybridized carbons (Fsp3) is 0.667. The minimum atomic E-state index is -0.650. The van der Waals surface area contributed by atoms with Gasteiger partial charge in [0.25, 0.3) is 0 Å². The molecule has 5 nitrogen and oxygen atoms in total. The van der Waals surface area contributed by atoms with E-state index in [1.807, 2.05) is 25.1 Å². The second kappa shape index (κ2) is 11.0. The van der Waals surface area contributed by atoms with Crippen LogP contribution in [0.15, 0.2) is 30.3 Å². The molecule has 2 rings (SSSR count). The first-order chi connectivity index (χ1) is 11.7. The molecule has 1 aliphatic rings. The highest BCUT2D eigenvalue weighted by molar-refractivity contribution is 6.20. The number of benzene rings is 1. The third kappa shape index (κ3) is 7.05. The predicted octanol–water partition coefficient (Wildman–Crippen LogP) is 2.65. The van der Waals surface area contributed by atoms with E-state index < -0.39 is 11.2 Å². The molecule has 0 radical (unpaired) electrons. The highest BCUT2D eigenvalue weighted by Gasteiger charge is 2.35. The second-order valence-corrected chi connectivity index (χ2v) is 6.24. The molecule has 0 aliphatic carbocycles. The van der Waals surface area contributed by atoms with Crippen LogP contribution in [0.25, 0.3) is 0 Å². The Bertz CT molecular complexity index is 444. The third-order valence-corrected chi connectivity index (χ3v) is 4.36. The van der Waals surface area contributed by atoms with Crippen LogP contribution in [-0.4, -0.2) is 64.0 Å². The fourth-order valence-electron chi connectivity index (χ4n) is 2.46. The van der Waals surface area contributed by atoms with E-state index in [0.717, 1.165) is 5.56 Å². The molecule has 0 aromatic heterocycles. The van der Waals surface area contributed by atoms with Gasteiger partial charge in [-0.25, -0.2) is 0 Å². The van der Waals surface area contributed by atoms with Crippen LogP contribution >= 0.6 is 11.6 Å². The predicted molar refractivity (Wildman–Crippen MR) is 92.6 cm³/mol. The van der Waals surface area contributed by atoms with Crippen molar-refractivity contribution >= 4 is 11.6 Å². The molecule has 2 unspecified atom stereocenters. The van der Waals surface area contributed by atoms with E-state index in [9.17, 15) is 0 Å². The van der Waals surface area contributed by atoms with Crippen LogP contribution in [0.1, 0.15) is 12.5 Å². The van der Waals surface area contributed by atoms with Crippen LogP contribution in [0.5, 0.6) is 0 Å². The molecule has 0 N–H and O–H groups in total. The summed E-state index contributed by atoms with van der Waals surface area (Å²) in [4.78, 5) is 0. The van der Waals surface area contributed by atoms with Gasteiger partial charge >= 0.3 is 0 Å². The molecule has 6 heteroatoms. The minimum Gasteiger partial charge on any atom is -0.377 e. The Morgan fingerprint density at radius 2 is 1.42 bits per heavy atom. The van der Waals surface area contributed by atoms with Crippen LogP contribution in [0.4, 0.5) is 0 Å². The largest absolute Gasteiger partial charge is 0.377 e. The lowest BCUT2D eigenvalue weighted by Crippen LogP contribution is -2.44. The topological polar surface area (TPSA) is 46.2 Å². The molecular weight excluding hydrogens is 332 g/mol. The van der Waals surface area contributed by atoms with Gasteiger partial charge in [-0.2, -0.15) is 0 Å². The maximum absolute atomic E-state index is 6.51. The van der Waals surface area contributed by atoms with Crippen molar-refractivity contribution in [3.63, 3.8) is 0 Å². The Labute approximate surface area is 149 Å². The van der Waals surface area contributed by atoms with Gasteiger partial charge in [0.15, 0.2) is 5.56 Å². The summed E-state index contributed by atoms with van der Waals surface area (Å²) in [6, 6.07) is 10.1. The maximum Gasteiger partial charge on any atom is 0.160 e. The average molecular weight is 359 g/mol. The van der Waals surface area contributed by atoms with Gasteiger partial charge in [0.1, 0.15) is 5.60 Å². The van der Waals surface area contributed by atoms with Gasteiger partial charge in [0.05, 0.1) is 52.9 Å². The Hall–Kier alpha value is -0.690. The summed E-state index contributed by atoms with van der Waals surface area (Å²) in [5.74, 6) is 0. The van der Waals surface area contributed by atoms with Gasteiger partial charge in [0, 0.05) is 6.42 Å². The van der Waals surface area contributed by atoms with Gasteiger partial charge in [-0.1, -0.05) is 41.9 Å². The fourth-order valence-corrected chi connectivity index (χ4v) is 2.69. The van der Waals surface area contributed by atoms with E-state index in [0.29, 0.717) is 59.3 Å². The molecule has 1 aromatic carbocycles. The summed E-state index contributed by atoms with van der Waals surface area (Å²) in [5, 5.41) is 0. The molecule has 0 bridgehead atoms. The minimum absolute atomic E-state index is 0.415. The number of hydrogen-bond acceptors (Lipinski definition) is 5. The van der Waals surface area contributed by atoms with Crippen molar-refractivity contribution in [3.05, 3.63) is 35.9 Å². The van der Waals surface area contributed by atoms with Crippen molar-refractivity contribution in [3.8, 4) is 0 Å². The zero-order valence-electron chi connectivity index (χ0n) is 14.2. The van der Waals surface area contributed by atoms with Crippen molar-refractivity contribution < 1.29 is 23.7 Å². The van der Waals surface area contributed by atoms with Crippen molar-refractivity contribution in [2.45, 2.75) is 24.5 Å². The number of ether oxygens (including phenoxy) is 5. The lowest BCUT2D eigenvalue weighted by molar-refractivity contribution is -0.120. The van der Waals surface area contributed by atoms with Crippen molar-refractivity contribution in [1.82, 2.24) is 0 Å². The average Bonchev–Trinajstić information content (AvgIpc) is 2.59. The molecule has 136 valence electrons. The highest BCUT2D eigenvalue weighted by Crippen LogP contribution is 2.27. The zero-order valence-corrected chi connectivity index (χ0v) is 15.0. The standard InChI is InChI=1S/C18H27ClO5/c1-18(15-16-5-3-2-4-6-16)17(19)23-13-11-21-9-7-20-8-10-22-12-14-24-18/h2-6,17H,7-15H2,1H3. The quantitative estimate of drug-likeness (QED) is 0.760. The highest BCUT2D eigenvalue weighted by atomic mass is 35.5. The molecule has 2 atom stereocenters. The number of hydrogen-bond donors (Lipinski definition) is 0. The van der Waals surface area contributed by atoms with Gasteiger partial charge in [-0.15, -0.1) is 0 Å². The van der Waals surface area contributed by atoms with Crippen LogP contribution in [0, 0.1) is 0 Å². The van der Waals surface area contributed by atoms with Gasteiger partial charge in [0.2, 0.25) is 0 Å². The van der Waals surface area contributed by atoms with Crippen LogP contribution in [0.2, 0.25) is 0 Å². The third-order valence-electron chi connectivity index (χ3n) is 3.77. The summed E-state index contributed by atoms with van der Waals surface area (Å²) in [5.41, 5.74) is -0.0800. The monoisotopic (exact) mass is 358 g/mol.